The molecule has 2 nitrogen and oxygen atoms in total. The molecule has 0 saturated carbocycles. The van der Waals surface area contributed by atoms with Crippen molar-refractivity contribution < 1.29 is 0 Å². The van der Waals surface area contributed by atoms with E-state index >= 15 is 0 Å². The lowest BCUT2D eigenvalue weighted by molar-refractivity contribution is 0.508. The van der Waals surface area contributed by atoms with Crippen molar-refractivity contribution >= 4 is 5.69 Å². The molecule has 2 rings (SSSR count). The summed E-state index contributed by atoms with van der Waals surface area (Å²) in [6.45, 7) is 10.2. The average Bonchev–Trinajstić information content (AvgIpc) is 2.51. The minimum Gasteiger partial charge on any atom is -0.371 e. The van der Waals surface area contributed by atoms with Crippen LogP contribution in [-0.4, -0.2) is 19.6 Å². The first kappa shape index (κ1) is 13.4. The van der Waals surface area contributed by atoms with Gasteiger partial charge in [0.15, 0.2) is 0 Å². The highest BCUT2D eigenvalue weighted by atomic mass is 15.1. The second-order valence-electron chi connectivity index (χ2n) is 5.65. The molecule has 18 heavy (non-hydrogen) atoms. The molecule has 0 aromatic heterocycles. The van der Waals surface area contributed by atoms with Gasteiger partial charge in [0.1, 0.15) is 0 Å². The van der Waals surface area contributed by atoms with E-state index in [2.05, 4.69) is 55.3 Å². The number of nitrogens with one attached hydrogen (secondary N) is 1. The van der Waals surface area contributed by atoms with Crippen LogP contribution >= 0.6 is 0 Å². The topological polar surface area (TPSA) is 15.3 Å². The molecule has 1 atom stereocenters. The predicted octanol–water partition coefficient (Wildman–Crippen LogP) is 3.59. The molecule has 1 aliphatic rings. The van der Waals surface area contributed by atoms with Crippen molar-refractivity contribution in [3.05, 3.63) is 29.8 Å². The number of nitrogens with zero attached hydrogens (tertiary/aromatic N) is 1. The molecular formula is C16H26N2. The Hall–Kier alpha value is -1.02. The van der Waals surface area contributed by atoms with Crippen molar-refractivity contribution in [3.8, 4) is 0 Å². The zero-order valence-electron chi connectivity index (χ0n) is 11.9. The highest BCUT2D eigenvalue weighted by Crippen LogP contribution is 2.33. The van der Waals surface area contributed by atoms with Gasteiger partial charge < -0.3 is 10.2 Å². The van der Waals surface area contributed by atoms with Gasteiger partial charge in [-0.2, -0.15) is 0 Å². The van der Waals surface area contributed by atoms with E-state index in [1.54, 1.807) is 0 Å². The molecule has 0 aliphatic carbocycles. The Labute approximate surface area is 111 Å². The smallest absolute Gasteiger partial charge is 0.0414 e. The van der Waals surface area contributed by atoms with Crippen LogP contribution in [0.1, 0.15) is 45.2 Å². The molecule has 0 fully saturated rings. The molecule has 0 saturated heterocycles. The maximum Gasteiger partial charge on any atom is 0.0414 e. The van der Waals surface area contributed by atoms with E-state index in [1.807, 2.05) is 0 Å². The van der Waals surface area contributed by atoms with Crippen molar-refractivity contribution in [1.29, 1.82) is 0 Å². The lowest BCUT2D eigenvalue weighted by Crippen LogP contribution is -2.28. The lowest BCUT2D eigenvalue weighted by atomic mass is 10.0. The molecule has 0 spiro atoms. The van der Waals surface area contributed by atoms with Gasteiger partial charge in [-0.15, -0.1) is 0 Å². The van der Waals surface area contributed by atoms with E-state index in [0.717, 1.165) is 13.1 Å². The van der Waals surface area contributed by atoms with Gasteiger partial charge in [0, 0.05) is 24.8 Å². The maximum atomic E-state index is 3.63. The van der Waals surface area contributed by atoms with E-state index < -0.39 is 0 Å². The summed E-state index contributed by atoms with van der Waals surface area (Å²) in [6.07, 6.45) is 2.53. The summed E-state index contributed by atoms with van der Waals surface area (Å²) in [6, 6.07) is 9.44. The Bertz CT molecular complexity index is 373. The number of hydrogen-bond donors (Lipinski definition) is 1. The number of para-hydroxylation sites is 1. The van der Waals surface area contributed by atoms with Crippen molar-refractivity contribution in [2.24, 2.45) is 5.92 Å². The Morgan fingerprint density at radius 3 is 2.83 bits per heavy atom. The fourth-order valence-electron chi connectivity index (χ4n) is 2.92. The van der Waals surface area contributed by atoms with Crippen molar-refractivity contribution in [2.75, 3.05) is 24.5 Å². The number of anilines is 1. The first-order chi connectivity index (χ1) is 8.72. The van der Waals surface area contributed by atoms with Crippen LogP contribution in [-0.2, 0) is 0 Å². The van der Waals surface area contributed by atoms with Crippen LogP contribution in [0.5, 0.6) is 0 Å². The summed E-state index contributed by atoms with van der Waals surface area (Å²) >= 11 is 0. The fraction of sp³-hybridized carbons (Fsp3) is 0.625. The normalized spacial score (nSPS) is 19.8. The van der Waals surface area contributed by atoms with Crippen LogP contribution in [0, 0.1) is 5.92 Å². The summed E-state index contributed by atoms with van der Waals surface area (Å²) in [5.41, 5.74) is 2.92. The van der Waals surface area contributed by atoms with Crippen LogP contribution in [0.2, 0.25) is 0 Å². The third kappa shape index (κ3) is 3.05. The van der Waals surface area contributed by atoms with Crippen LogP contribution < -0.4 is 10.2 Å². The zero-order valence-corrected chi connectivity index (χ0v) is 11.9. The highest BCUT2D eigenvalue weighted by molar-refractivity contribution is 5.55. The van der Waals surface area contributed by atoms with Gasteiger partial charge in [-0.1, -0.05) is 39.0 Å². The number of hydrogen-bond acceptors (Lipinski definition) is 2. The van der Waals surface area contributed by atoms with Crippen molar-refractivity contribution in [1.82, 2.24) is 5.32 Å². The molecule has 0 radical (unpaired) electrons. The van der Waals surface area contributed by atoms with Crippen molar-refractivity contribution in [3.63, 3.8) is 0 Å². The summed E-state index contributed by atoms with van der Waals surface area (Å²) in [5, 5.41) is 3.63. The molecule has 1 N–H and O–H groups in total. The standard InChI is InChI=1S/C16H26N2/c1-4-17-15-9-7-11-18(12-13(2)3)16-10-6-5-8-14(15)16/h5-6,8,10,13,15,17H,4,7,9,11-12H2,1-3H3. The zero-order chi connectivity index (χ0) is 13.0. The van der Waals surface area contributed by atoms with E-state index in [9.17, 15) is 0 Å². The quantitative estimate of drug-likeness (QED) is 0.873. The van der Waals surface area contributed by atoms with Gasteiger partial charge in [0.2, 0.25) is 0 Å². The van der Waals surface area contributed by atoms with Crippen LogP contribution in [0.3, 0.4) is 0 Å². The first-order valence-corrected chi connectivity index (χ1v) is 7.29. The van der Waals surface area contributed by atoms with E-state index in [4.69, 9.17) is 0 Å². The summed E-state index contributed by atoms with van der Waals surface area (Å²) < 4.78 is 0. The molecule has 0 bridgehead atoms. The van der Waals surface area contributed by atoms with Gasteiger partial charge in [0.05, 0.1) is 0 Å². The first-order valence-electron chi connectivity index (χ1n) is 7.29. The largest absolute Gasteiger partial charge is 0.371 e. The monoisotopic (exact) mass is 246 g/mol. The summed E-state index contributed by atoms with van der Waals surface area (Å²) in [7, 11) is 0. The van der Waals surface area contributed by atoms with E-state index in [0.29, 0.717) is 12.0 Å². The Morgan fingerprint density at radius 2 is 2.11 bits per heavy atom. The molecule has 100 valence electrons. The van der Waals surface area contributed by atoms with Gasteiger partial charge in [-0.25, -0.2) is 0 Å². The second kappa shape index (κ2) is 6.24. The van der Waals surface area contributed by atoms with Gasteiger partial charge >= 0.3 is 0 Å². The Kier molecular flexibility index (Phi) is 4.65. The van der Waals surface area contributed by atoms with Gasteiger partial charge in [0.25, 0.3) is 0 Å². The van der Waals surface area contributed by atoms with Crippen LogP contribution in [0.25, 0.3) is 0 Å². The minimum atomic E-state index is 0.531. The molecule has 2 heteroatoms. The Morgan fingerprint density at radius 1 is 1.33 bits per heavy atom. The molecule has 1 aliphatic heterocycles. The van der Waals surface area contributed by atoms with Crippen molar-refractivity contribution in [2.45, 2.75) is 39.7 Å². The summed E-state index contributed by atoms with van der Waals surface area (Å²) in [4.78, 5) is 2.57. The Balaban J connectivity index is 2.28. The molecule has 1 aromatic carbocycles. The molecule has 1 heterocycles. The summed E-state index contributed by atoms with van der Waals surface area (Å²) in [5.74, 6) is 0.716. The van der Waals surface area contributed by atoms with E-state index in [-0.39, 0.29) is 0 Å². The number of rotatable bonds is 4. The molecule has 1 unspecified atom stereocenters. The minimum absolute atomic E-state index is 0.531. The third-order valence-corrected chi connectivity index (χ3v) is 3.61. The predicted molar refractivity (Wildman–Crippen MR) is 79.1 cm³/mol. The van der Waals surface area contributed by atoms with Crippen LogP contribution in [0.4, 0.5) is 5.69 Å². The third-order valence-electron chi connectivity index (χ3n) is 3.61. The maximum absolute atomic E-state index is 3.63. The molecule has 1 aromatic rings. The van der Waals surface area contributed by atoms with Crippen LogP contribution in [0.15, 0.2) is 24.3 Å². The SMILES string of the molecule is CCNC1CCCN(CC(C)C)c2ccccc21. The van der Waals surface area contributed by atoms with Gasteiger partial charge in [-0.3, -0.25) is 0 Å². The molecule has 0 amide bonds. The fourth-order valence-corrected chi connectivity index (χ4v) is 2.92. The average molecular weight is 246 g/mol. The van der Waals surface area contributed by atoms with E-state index in [1.165, 1.54) is 30.6 Å². The number of fused-ring (bicyclic) bond motifs is 1. The second-order valence-corrected chi connectivity index (χ2v) is 5.65. The number of benzene rings is 1. The molecular weight excluding hydrogens is 220 g/mol. The van der Waals surface area contributed by atoms with Gasteiger partial charge in [-0.05, 0) is 36.9 Å². The lowest BCUT2D eigenvalue weighted by Gasteiger charge is -2.27. The highest BCUT2D eigenvalue weighted by Gasteiger charge is 2.22.